The highest BCUT2D eigenvalue weighted by molar-refractivity contribution is 5.77. The van der Waals surface area contributed by atoms with Crippen LogP contribution < -0.4 is 19.9 Å². The lowest BCUT2D eigenvalue weighted by molar-refractivity contribution is -0.139. The van der Waals surface area contributed by atoms with Gasteiger partial charge in [-0.05, 0) is 48.6 Å². The van der Waals surface area contributed by atoms with Crippen LogP contribution in [-0.4, -0.2) is 41.8 Å². The van der Waals surface area contributed by atoms with E-state index in [0.717, 1.165) is 25.7 Å². The van der Waals surface area contributed by atoms with Gasteiger partial charge in [0, 0.05) is 18.8 Å². The molecule has 0 spiro atoms. The maximum absolute atomic E-state index is 12.6. The fraction of sp³-hybridized carbons (Fsp3) is 0.484. The molecule has 2 aromatic carbocycles. The van der Waals surface area contributed by atoms with Gasteiger partial charge in [0.2, 0.25) is 0 Å². The fourth-order valence-corrected chi connectivity index (χ4v) is 4.24. The van der Waals surface area contributed by atoms with Crippen LogP contribution in [0, 0.1) is 5.92 Å². The Morgan fingerprint density at radius 1 is 0.805 bits per heavy atom. The number of aliphatic carboxylic acids is 1. The van der Waals surface area contributed by atoms with Crippen molar-refractivity contribution in [2.45, 2.75) is 84.1 Å². The predicted octanol–water partition coefficient (Wildman–Crippen LogP) is 6.01. The van der Waals surface area contributed by atoms with Gasteiger partial charge in [-0.3, -0.25) is 14.4 Å². The molecule has 224 valence electrons. The molecule has 10 nitrogen and oxygen atoms in total. The number of rotatable bonds is 17. The van der Waals surface area contributed by atoms with E-state index in [1.54, 1.807) is 43.3 Å². The Morgan fingerprint density at radius 3 is 1.95 bits per heavy atom. The van der Waals surface area contributed by atoms with Gasteiger partial charge in [-0.25, -0.2) is 4.79 Å². The van der Waals surface area contributed by atoms with Crippen LogP contribution in [0.3, 0.4) is 0 Å². The Hall–Kier alpha value is -3.92. The van der Waals surface area contributed by atoms with Crippen molar-refractivity contribution in [1.82, 2.24) is 0 Å². The van der Waals surface area contributed by atoms with Crippen molar-refractivity contribution >= 4 is 24.1 Å². The highest BCUT2D eigenvalue weighted by Gasteiger charge is 2.33. The maximum Gasteiger partial charge on any atom is 0.513 e. The quantitative estimate of drug-likeness (QED) is 0.1000. The summed E-state index contributed by atoms with van der Waals surface area (Å²) in [4.78, 5) is 49.1. The van der Waals surface area contributed by atoms with E-state index in [-0.39, 0.29) is 30.9 Å². The van der Waals surface area contributed by atoms with Crippen molar-refractivity contribution in [2.75, 3.05) is 6.61 Å². The second-order valence-corrected chi connectivity index (χ2v) is 9.91. The first-order valence-corrected chi connectivity index (χ1v) is 14.1. The van der Waals surface area contributed by atoms with Crippen molar-refractivity contribution in [2.24, 2.45) is 11.7 Å². The third-order valence-corrected chi connectivity index (χ3v) is 6.46. The molecular formula is C31H41NO9. The normalized spacial score (nSPS) is 13.0. The monoisotopic (exact) mass is 571 g/mol. The first kappa shape index (κ1) is 33.3. The number of esters is 2. The average molecular weight is 572 g/mol. The number of unbranched alkanes of at least 4 members (excludes halogenated alkanes) is 4. The molecule has 0 aromatic heterocycles. The van der Waals surface area contributed by atoms with Gasteiger partial charge in [0.05, 0.1) is 6.61 Å². The lowest BCUT2D eigenvalue weighted by Crippen LogP contribution is -2.40. The number of ether oxygens (including phenoxy) is 4. The summed E-state index contributed by atoms with van der Waals surface area (Å²) < 4.78 is 21.5. The first-order chi connectivity index (χ1) is 19.7. The van der Waals surface area contributed by atoms with Gasteiger partial charge in [0.1, 0.15) is 11.8 Å². The summed E-state index contributed by atoms with van der Waals surface area (Å²) in [5.74, 6) is -3.33. The molecule has 0 amide bonds. The summed E-state index contributed by atoms with van der Waals surface area (Å²) >= 11 is 0. The van der Waals surface area contributed by atoms with Crippen LogP contribution in [0.15, 0.2) is 48.5 Å². The van der Waals surface area contributed by atoms with Crippen molar-refractivity contribution in [3.8, 4) is 17.2 Å². The van der Waals surface area contributed by atoms with Gasteiger partial charge >= 0.3 is 24.1 Å². The Balaban J connectivity index is 2.28. The Bertz CT molecular complexity index is 1140. The highest BCUT2D eigenvalue weighted by atomic mass is 16.7. The van der Waals surface area contributed by atoms with Crippen LogP contribution in [0.5, 0.6) is 17.2 Å². The molecule has 0 fully saturated rings. The van der Waals surface area contributed by atoms with Crippen LogP contribution in [0.4, 0.5) is 4.79 Å². The van der Waals surface area contributed by atoms with Crippen molar-refractivity contribution in [3.63, 3.8) is 0 Å². The summed E-state index contributed by atoms with van der Waals surface area (Å²) in [6.45, 7) is 5.53. The number of carboxylic acids is 1. The van der Waals surface area contributed by atoms with Crippen LogP contribution in [0.2, 0.25) is 0 Å². The number of benzene rings is 2. The third-order valence-electron chi connectivity index (χ3n) is 6.46. The summed E-state index contributed by atoms with van der Waals surface area (Å²) in [6, 6.07) is 11.5. The number of carbonyl (C=O) groups is 4. The zero-order valence-corrected chi connectivity index (χ0v) is 24.0. The van der Waals surface area contributed by atoms with E-state index in [4.69, 9.17) is 24.7 Å². The Kier molecular flexibility index (Phi) is 14.4. The van der Waals surface area contributed by atoms with Gasteiger partial charge in [-0.2, -0.15) is 0 Å². The van der Waals surface area contributed by atoms with Gasteiger partial charge in [-0.15, -0.1) is 0 Å². The van der Waals surface area contributed by atoms with Crippen LogP contribution in [-0.2, 0) is 19.1 Å². The van der Waals surface area contributed by atoms with E-state index in [0.29, 0.717) is 24.2 Å². The second kappa shape index (κ2) is 17.7. The zero-order chi connectivity index (χ0) is 30.2. The van der Waals surface area contributed by atoms with Gasteiger partial charge in [-0.1, -0.05) is 70.7 Å². The van der Waals surface area contributed by atoms with Crippen LogP contribution in [0.1, 0.15) is 83.6 Å². The second-order valence-electron chi connectivity index (χ2n) is 9.91. The number of para-hydroxylation sites is 1. The number of hydrogen-bond acceptors (Lipinski definition) is 9. The number of hydrogen-bond donors (Lipinski definition) is 2. The molecule has 2 aromatic rings. The lowest BCUT2D eigenvalue weighted by atomic mass is 9.82. The smallest absolute Gasteiger partial charge is 0.480 e. The molecule has 0 saturated heterocycles. The summed E-state index contributed by atoms with van der Waals surface area (Å²) in [7, 11) is 0. The van der Waals surface area contributed by atoms with E-state index >= 15 is 0 Å². The van der Waals surface area contributed by atoms with E-state index in [1.807, 2.05) is 13.8 Å². The molecule has 0 radical (unpaired) electrons. The lowest BCUT2D eigenvalue weighted by Gasteiger charge is -2.28. The largest absolute Gasteiger partial charge is 0.513 e. The highest BCUT2D eigenvalue weighted by Crippen LogP contribution is 2.36. The molecule has 0 bridgehead atoms. The molecule has 0 saturated carbocycles. The molecule has 3 N–H and O–H groups in total. The molecule has 2 rings (SSSR count). The third kappa shape index (κ3) is 11.6. The van der Waals surface area contributed by atoms with Crippen molar-refractivity contribution < 1.29 is 43.2 Å². The van der Waals surface area contributed by atoms with Crippen molar-refractivity contribution in [3.05, 3.63) is 54.1 Å². The first-order valence-electron chi connectivity index (χ1n) is 14.1. The van der Waals surface area contributed by atoms with Crippen LogP contribution in [0.25, 0.3) is 0 Å². The van der Waals surface area contributed by atoms with Gasteiger partial charge in [0.25, 0.3) is 0 Å². The van der Waals surface area contributed by atoms with Crippen LogP contribution >= 0.6 is 0 Å². The topological polar surface area (TPSA) is 151 Å². The molecular weight excluding hydrogens is 530 g/mol. The summed E-state index contributed by atoms with van der Waals surface area (Å²) in [5, 5.41) is 9.73. The minimum atomic E-state index is -1.38. The average Bonchev–Trinajstić information content (AvgIpc) is 2.94. The molecule has 10 heteroatoms. The van der Waals surface area contributed by atoms with E-state index < -0.39 is 41.9 Å². The Labute approximate surface area is 241 Å². The number of nitrogens with two attached hydrogens (primary N) is 1. The molecule has 0 aliphatic heterocycles. The molecule has 41 heavy (non-hydrogen) atoms. The van der Waals surface area contributed by atoms with E-state index in [1.165, 1.54) is 12.1 Å². The van der Waals surface area contributed by atoms with E-state index in [9.17, 15) is 24.3 Å². The Morgan fingerprint density at radius 2 is 1.39 bits per heavy atom. The summed E-state index contributed by atoms with van der Waals surface area (Å²) in [5.41, 5.74) is 6.49. The SMILES string of the molecule is CCCCCC(=O)Oc1ccc(C(C(C)COC(=O)Oc2ccccc2)[C@H](N)C(=O)O)cc1OC(=O)CCCCC. The van der Waals surface area contributed by atoms with Crippen molar-refractivity contribution in [1.29, 1.82) is 0 Å². The molecule has 0 heterocycles. The number of carboxylic acid groups (broad SMARTS) is 1. The van der Waals surface area contributed by atoms with E-state index in [2.05, 4.69) is 0 Å². The zero-order valence-electron chi connectivity index (χ0n) is 24.0. The van der Waals surface area contributed by atoms with Gasteiger partial charge < -0.3 is 29.8 Å². The molecule has 2 unspecified atom stereocenters. The fourth-order valence-electron chi connectivity index (χ4n) is 4.24. The number of carbonyl (C=O) groups excluding carboxylic acids is 3. The minimum Gasteiger partial charge on any atom is -0.480 e. The maximum atomic E-state index is 12.6. The summed E-state index contributed by atoms with van der Waals surface area (Å²) in [6.07, 6.45) is 4.34. The molecule has 0 aliphatic carbocycles. The molecule has 0 aliphatic rings. The van der Waals surface area contributed by atoms with Gasteiger partial charge in [0.15, 0.2) is 11.5 Å². The molecule has 3 atom stereocenters. The minimum absolute atomic E-state index is 0.00738. The standard InChI is InChI=1S/C31H41NO9/c1-4-6-9-15-26(33)40-24-18-17-22(19-25(24)41-27(34)16-10-7-5-2)28(29(32)30(35)36)21(3)20-38-31(37)39-23-13-11-8-12-14-23/h8,11-14,17-19,21,28-29H,4-7,9-10,15-16,20,32H2,1-3H3,(H,35,36)/t21?,28?,29-/m0/s1. The predicted molar refractivity (Wildman–Crippen MR) is 152 cm³/mol.